The number of urea groups is 1. The van der Waals surface area contributed by atoms with Gasteiger partial charge in [0.2, 0.25) is 0 Å². The first-order valence-corrected chi connectivity index (χ1v) is 7.94. The van der Waals surface area contributed by atoms with Crippen molar-refractivity contribution in [2.24, 2.45) is 5.92 Å². The van der Waals surface area contributed by atoms with Crippen molar-refractivity contribution in [3.63, 3.8) is 0 Å². The summed E-state index contributed by atoms with van der Waals surface area (Å²) in [7, 11) is 0. The van der Waals surface area contributed by atoms with Crippen molar-refractivity contribution < 1.29 is 9.90 Å². The van der Waals surface area contributed by atoms with Crippen LogP contribution in [0.1, 0.15) is 12.0 Å². The van der Waals surface area contributed by atoms with Gasteiger partial charge >= 0.3 is 6.03 Å². The highest BCUT2D eigenvalue weighted by molar-refractivity contribution is 6.32. The monoisotopic (exact) mass is 334 g/mol. The Morgan fingerprint density at radius 3 is 2.96 bits per heavy atom. The summed E-state index contributed by atoms with van der Waals surface area (Å²) >= 11 is 6.18. The standard InChI is InChI=1S/C16H19ClN4O2/c1-11-8-21(14-5-3-2-4-13(14)17)19-15(11)18-16(23)20-7-6-12(9-20)10-22/h2-5,8,12,22H,6-7,9-10H2,1H3,(H,18,19,23). The second-order valence-electron chi connectivity index (χ2n) is 5.77. The molecule has 6 nitrogen and oxygen atoms in total. The van der Waals surface area contributed by atoms with E-state index in [4.69, 9.17) is 16.7 Å². The van der Waals surface area contributed by atoms with E-state index in [1.165, 1.54) is 0 Å². The van der Waals surface area contributed by atoms with E-state index in [0.29, 0.717) is 23.9 Å². The number of aliphatic hydroxyl groups is 1. The first-order valence-electron chi connectivity index (χ1n) is 7.56. The van der Waals surface area contributed by atoms with Crippen molar-refractivity contribution >= 4 is 23.4 Å². The molecule has 23 heavy (non-hydrogen) atoms. The third-order valence-electron chi connectivity index (χ3n) is 4.05. The van der Waals surface area contributed by atoms with Gasteiger partial charge in [0.1, 0.15) is 0 Å². The Bertz CT molecular complexity index is 716. The number of aryl methyl sites for hydroxylation is 1. The van der Waals surface area contributed by atoms with Gasteiger partial charge in [-0.3, -0.25) is 5.32 Å². The summed E-state index contributed by atoms with van der Waals surface area (Å²) in [4.78, 5) is 14.0. The fourth-order valence-electron chi connectivity index (χ4n) is 2.69. The van der Waals surface area contributed by atoms with E-state index < -0.39 is 0 Å². The topological polar surface area (TPSA) is 70.4 Å². The number of amides is 2. The Balaban J connectivity index is 1.74. The number of rotatable bonds is 3. The Labute approximate surface area is 139 Å². The number of halogens is 1. The van der Waals surface area contributed by atoms with Crippen molar-refractivity contribution in [2.45, 2.75) is 13.3 Å². The molecule has 1 fully saturated rings. The molecule has 1 aliphatic heterocycles. The smallest absolute Gasteiger partial charge is 0.323 e. The Morgan fingerprint density at radius 2 is 2.26 bits per heavy atom. The maximum atomic E-state index is 12.3. The summed E-state index contributed by atoms with van der Waals surface area (Å²) in [6.07, 6.45) is 2.66. The molecule has 122 valence electrons. The van der Waals surface area contributed by atoms with Crippen LogP contribution in [0.5, 0.6) is 0 Å². The molecule has 2 amide bonds. The van der Waals surface area contributed by atoms with Gasteiger partial charge in [0.25, 0.3) is 0 Å². The van der Waals surface area contributed by atoms with Crippen molar-refractivity contribution in [1.29, 1.82) is 0 Å². The van der Waals surface area contributed by atoms with Gasteiger partial charge in [0, 0.05) is 37.4 Å². The number of nitrogens with one attached hydrogen (secondary N) is 1. The number of anilines is 1. The third-order valence-corrected chi connectivity index (χ3v) is 4.37. The third kappa shape index (κ3) is 3.33. The number of aliphatic hydroxyl groups excluding tert-OH is 1. The lowest BCUT2D eigenvalue weighted by Crippen LogP contribution is -2.33. The number of carbonyl (C=O) groups excluding carboxylic acids is 1. The first-order chi connectivity index (χ1) is 11.1. The predicted octanol–water partition coefficient (Wildman–Crippen LogP) is 2.68. The molecule has 0 aliphatic carbocycles. The molecule has 3 rings (SSSR count). The van der Waals surface area contributed by atoms with E-state index in [-0.39, 0.29) is 18.6 Å². The van der Waals surface area contributed by atoms with Crippen LogP contribution in [0.4, 0.5) is 10.6 Å². The number of benzene rings is 1. The summed E-state index contributed by atoms with van der Waals surface area (Å²) in [6, 6.07) is 7.22. The number of nitrogens with zero attached hydrogens (tertiary/aromatic N) is 3. The van der Waals surface area contributed by atoms with Crippen LogP contribution in [0.2, 0.25) is 5.02 Å². The van der Waals surface area contributed by atoms with Gasteiger partial charge in [-0.2, -0.15) is 0 Å². The van der Waals surface area contributed by atoms with Gasteiger partial charge < -0.3 is 10.0 Å². The summed E-state index contributed by atoms with van der Waals surface area (Å²) in [5, 5.41) is 17.0. The van der Waals surface area contributed by atoms with Gasteiger partial charge in [-0.15, -0.1) is 5.10 Å². The van der Waals surface area contributed by atoms with Crippen LogP contribution in [-0.4, -0.2) is 45.5 Å². The van der Waals surface area contributed by atoms with Crippen LogP contribution < -0.4 is 5.32 Å². The Kier molecular flexibility index (Phi) is 4.54. The molecular weight excluding hydrogens is 316 g/mol. The van der Waals surface area contributed by atoms with Gasteiger partial charge in [-0.05, 0) is 25.5 Å². The fraction of sp³-hybridized carbons (Fsp3) is 0.375. The van der Waals surface area contributed by atoms with Gasteiger partial charge in [0.05, 0.1) is 10.7 Å². The lowest BCUT2D eigenvalue weighted by atomic mass is 10.1. The van der Waals surface area contributed by atoms with E-state index in [1.54, 1.807) is 15.6 Å². The van der Waals surface area contributed by atoms with Crippen LogP contribution in [0.15, 0.2) is 30.5 Å². The van der Waals surface area contributed by atoms with E-state index in [0.717, 1.165) is 17.7 Å². The molecular formula is C16H19ClN4O2. The first kappa shape index (κ1) is 15.8. The summed E-state index contributed by atoms with van der Waals surface area (Å²) in [6.45, 7) is 3.23. The summed E-state index contributed by atoms with van der Waals surface area (Å²) < 4.78 is 1.66. The molecule has 2 N–H and O–H groups in total. The second kappa shape index (κ2) is 6.60. The van der Waals surface area contributed by atoms with Gasteiger partial charge in [-0.25, -0.2) is 9.48 Å². The van der Waals surface area contributed by atoms with Crippen LogP contribution >= 0.6 is 11.6 Å². The largest absolute Gasteiger partial charge is 0.396 e. The zero-order valence-electron chi connectivity index (χ0n) is 12.9. The molecule has 1 aromatic heterocycles. The molecule has 1 atom stereocenters. The van der Waals surface area contributed by atoms with Crippen molar-refractivity contribution in [1.82, 2.24) is 14.7 Å². The van der Waals surface area contributed by atoms with Gasteiger partial charge in [-0.1, -0.05) is 23.7 Å². The average Bonchev–Trinajstić information content (AvgIpc) is 3.15. The highest BCUT2D eigenvalue weighted by atomic mass is 35.5. The number of hydrogen-bond acceptors (Lipinski definition) is 3. The van der Waals surface area contributed by atoms with E-state index in [9.17, 15) is 4.79 Å². The van der Waals surface area contributed by atoms with Crippen molar-refractivity contribution in [3.05, 3.63) is 41.0 Å². The predicted molar refractivity (Wildman–Crippen MR) is 89.1 cm³/mol. The molecule has 7 heteroatoms. The lowest BCUT2D eigenvalue weighted by molar-refractivity contribution is 0.208. The number of likely N-dealkylation sites (tertiary alicyclic amines) is 1. The molecule has 2 aromatic rings. The highest BCUT2D eigenvalue weighted by Crippen LogP contribution is 2.23. The van der Waals surface area contributed by atoms with Crippen LogP contribution in [0, 0.1) is 12.8 Å². The zero-order valence-corrected chi connectivity index (χ0v) is 13.6. The van der Waals surface area contributed by atoms with Crippen molar-refractivity contribution in [3.8, 4) is 5.69 Å². The molecule has 0 radical (unpaired) electrons. The Hall–Kier alpha value is -2.05. The second-order valence-corrected chi connectivity index (χ2v) is 6.18. The number of hydrogen-bond donors (Lipinski definition) is 2. The van der Waals surface area contributed by atoms with E-state index in [2.05, 4.69) is 10.4 Å². The number of carbonyl (C=O) groups is 1. The van der Waals surface area contributed by atoms with E-state index >= 15 is 0 Å². The fourth-order valence-corrected chi connectivity index (χ4v) is 2.91. The van der Waals surface area contributed by atoms with Crippen LogP contribution in [0.25, 0.3) is 5.69 Å². The average molecular weight is 335 g/mol. The zero-order chi connectivity index (χ0) is 16.4. The minimum atomic E-state index is -0.187. The minimum Gasteiger partial charge on any atom is -0.396 e. The normalized spacial score (nSPS) is 17.5. The summed E-state index contributed by atoms with van der Waals surface area (Å²) in [5.41, 5.74) is 1.62. The highest BCUT2D eigenvalue weighted by Gasteiger charge is 2.26. The van der Waals surface area contributed by atoms with E-state index in [1.807, 2.05) is 31.3 Å². The number of aromatic nitrogens is 2. The van der Waals surface area contributed by atoms with Crippen LogP contribution in [0.3, 0.4) is 0 Å². The quantitative estimate of drug-likeness (QED) is 0.906. The molecule has 0 spiro atoms. The molecule has 1 aromatic carbocycles. The number of para-hydroxylation sites is 1. The maximum absolute atomic E-state index is 12.3. The van der Waals surface area contributed by atoms with Crippen LogP contribution in [-0.2, 0) is 0 Å². The molecule has 1 aliphatic rings. The SMILES string of the molecule is Cc1cn(-c2ccccc2Cl)nc1NC(=O)N1CCC(CO)C1. The molecule has 1 saturated heterocycles. The van der Waals surface area contributed by atoms with Gasteiger partial charge in [0.15, 0.2) is 5.82 Å². The summed E-state index contributed by atoms with van der Waals surface area (Å²) in [5.74, 6) is 0.685. The molecule has 0 saturated carbocycles. The maximum Gasteiger partial charge on any atom is 0.323 e. The molecule has 2 heterocycles. The molecule has 0 bridgehead atoms. The Morgan fingerprint density at radius 1 is 1.48 bits per heavy atom. The van der Waals surface area contributed by atoms with Crippen molar-refractivity contribution in [2.75, 3.05) is 25.0 Å². The molecule has 1 unspecified atom stereocenters. The lowest BCUT2D eigenvalue weighted by Gasteiger charge is -2.16. The minimum absolute atomic E-state index is 0.115.